The minimum absolute atomic E-state index is 0.225. The molecule has 10 nitrogen and oxygen atoms in total. The van der Waals surface area contributed by atoms with Crippen molar-refractivity contribution in [1.29, 1.82) is 0 Å². The Balaban J connectivity index is 2.35. The second-order valence-electron chi connectivity index (χ2n) is 14.9. The van der Waals surface area contributed by atoms with Crippen molar-refractivity contribution in [3.63, 3.8) is 0 Å². The summed E-state index contributed by atoms with van der Waals surface area (Å²) in [5.41, 5.74) is 0. The van der Waals surface area contributed by atoms with Gasteiger partial charge >= 0.3 is 11.9 Å². The van der Waals surface area contributed by atoms with Crippen LogP contribution in [0.4, 0.5) is 0 Å². The summed E-state index contributed by atoms with van der Waals surface area (Å²) in [6.45, 7) is 4.88. The third-order valence-electron chi connectivity index (χ3n) is 9.89. The second-order valence-corrected chi connectivity index (χ2v) is 14.9. The van der Waals surface area contributed by atoms with Crippen molar-refractivity contribution in [1.82, 2.24) is 0 Å². The van der Waals surface area contributed by atoms with Crippen molar-refractivity contribution < 1.29 is 49.0 Å². The fourth-order valence-electron chi connectivity index (χ4n) is 6.42. The first-order valence-corrected chi connectivity index (χ1v) is 21.5. The summed E-state index contributed by atoms with van der Waals surface area (Å²) in [6.07, 6.45) is 30.4. The molecule has 1 aliphatic heterocycles. The highest BCUT2D eigenvalue weighted by molar-refractivity contribution is 5.70. The third kappa shape index (κ3) is 26.7. The number of hydrogen-bond acceptors (Lipinski definition) is 10. The Kier molecular flexibility index (Phi) is 32.7. The van der Waals surface area contributed by atoms with E-state index in [2.05, 4.69) is 37.8 Å². The molecular formula is C44H78O10. The first kappa shape index (κ1) is 49.9. The van der Waals surface area contributed by atoms with Gasteiger partial charge in [0, 0.05) is 12.8 Å². The first-order chi connectivity index (χ1) is 26.3. The number of aliphatic hydroxyl groups excluding tert-OH is 4. The van der Waals surface area contributed by atoms with E-state index in [1.807, 2.05) is 6.08 Å². The van der Waals surface area contributed by atoms with Gasteiger partial charge in [-0.25, -0.2) is 0 Å². The van der Waals surface area contributed by atoms with Gasteiger partial charge < -0.3 is 39.4 Å². The van der Waals surface area contributed by atoms with Crippen LogP contribution in [0, 0.1) is 0 Å². The molecule has 0 aromatic rings. The van der Waals surface area contributed by atoms with Crippen LogP contribution in [0.2, 0.25) is 0 Å². The number of hydrogen-bond donors (Lipinski definition) is 4. The highest BCUT2D eigenvalue weighted by Gasteiger charge is 2.44. The highest BCUT2D eigenvalue weighted by atomic mass is 16.7. The minimum Gasteiger partial charge on any atom is -0.462 e. The number of aliphatic hydroxyl groups is 4. The Bertz CT molecular complexity index is 967. The summed E-state index contributed by atoms with van der Waals surface area (Å²) in [5, 5.41) is 40.0. The summed E-state index contributed by atoms with van der Waals surface area (Å²) in [6, 6.07) is 0. The molecule has 1 aliphatic rings. The molecule has 1 heterocycles. The fraction of sp³-hybridized carbons (Fsp3) is 0.818. The quantitative estimate of drug-likeness (QED) is 0.0277. The number of rotatable bonds is 36. The van der Waals surface area contributed by atoms with Crippen molar-refractivity contribution in [2.24, 2.45) is 0 Å². The normalized spacial score (nSPS) is 20.8. The molecule has 0 spiro atoms. The third-order valence-corrected chi connectivity index (χ3v) is 9.89. The number of unbranched alkanes of at least 4 members (excludes halogenated alkanes) is 20. The van der Waals surface area contributed by atoms with Gasteiger partial charge in [0.25, 0.3) is 0 Å². The molecule has 1 rings (SSSR count). The molecule has 0 aromatic heterocycles. The molecule has 314 valence electrons. The van der Waals surface area contributed by atoms with Gasteiger partial charge in [-0.2, -0.15) is 0 Å². The van der Waals surface area contributed by atoms with Gasteiger partial charge in [0.2, 0.25) is 0 Å². The zero-order valence-electron chi connectivity index (χ0n) is 33.8. The lowest BCUT2D eigenvalue weighted by Gasteiger charge is -2.39. The number of allylic oxidation sites excluding steroid dienone is 5. The molecule has 0 aliphatic carbocycles. The molecule has 0 amide bonds. The van der Waals surface area contributed by atoms with E-state index < -0.39 is 55.4 Å². The van der Waals surface area contributed by atoms with E-state index in [1.165, 1.54) is 70.6 Å². The molecule has 6 atom stereocenters. The standard InChI is InChI=1S/C44H78O10/c1-3-5-7-9-11-13-15-17-19-21-23-25-27-29-31-33-40(47)53-37(36-52-44-43(50)42(49)41(48)38(34-45)54-44)35-51-39(46)32-30-28-26-24-22-20-18-16-14-12-10-8-6-4-2/h3,10,12,16,18,37-38,41-45,48-50H,1,4-9,11,13-15,17,19-36H2,2H3/b12-10+,18-16+/t37-,38-,41+,42?,43?,44-/m1/s1. The fourth-order valence-corrected chi connectivity index (χ4v) is 6.42. The predicted molar refractivity (Wildman–Crippen MR) is 215 cm³/mol. The molecule has 0 bridgehead atoms. The smallest absolute Gasteiger partial charge is 0.306 e. The molecular weight excluding hydrogens is 688 g/mol. The summed E-state index contributed by atoms with van der Waals surface area (Å²) in [7, 11) is 0. The Hall–Kier alpha value is -2.08. The van der Waals surface area contributed by atoms with E-state index in [9.17, 15) is 30.0 Å². The van der Waals surface area contributed by atoms with E-state index in [0.717, 1.165) is 70.6 Å². The zero-order chi connectivity index (χ0) is 39.5. The Morgan fingerprint density at radius 2 is 1.13 bits per heavy atom. The lowest BCUT2D eigenvalue weighted by Crippen LogP contribution is -2.59. The van der Waals surface area contributed by atoms with Gasteiger partial charge in [-0.05, 0) is 51.4 Å². The molecule has 10 heteroatoms. The zero-order valence-corrected chi connectivity index (χ0v) is 33.8. The number of carbonyl (C=O) groups excluding carboxylic acids is 2. The van der Waals surface area contributed by atoms with Crippen LogP contribution in [0.25, 0.3) is 0 Å². The van der Waals surface area contributed by atoms with Crippen LogP contribution in [0.3, 0.4) is 0 Å². The molecule has 1 fully saturated rings. The van der Waals surface area contributed by atoms with E-state index in [4.69, 9.17) is 18.9 Å². The summed E-state index contributed by atoms with van der Waals surface area (Å²) >= 11 is 0. The van der Waals surface area contributed by atoms with Gasteiger partial charge in [-0.1, -0.05) is 140 Å². The first-order valence-electron chi connectivity index (χ1n) is 21.5. The summed E-state index contributed by atoms with van der Waals surface area (Å²) < 4.78 is 22.1. The van der Waals surface area contributed by atoms with Crippen molar-refractivity contribution in [3.8, 4) is 0 Å². The van der Waals surface area contributed by atoms with Crippen molar-refractivity contribution in [3.05, 3.63) is 37.0 Å². The molecule has 54 heavy (non-hydrogen) atoms. The molecule has 2 unspecified atom stereocenters. The van der Waals surface area contributed by atoms with Crippen LogP contribution in [0.15, 0.2) is 37.0 Å². The molecule has 1 saturated heterocycles. The molecule has 0 radical (unpaired) electrons. The van der Waals surface area contributed by atoms with Gasteiger partial charge in [-0.3, -0.25) is 9.59 Å². The molecule has 4 N–H and O–H groups in total. The molecule has 0 aromatic carbocycles. The van der Waals surface area contributed by atoms with Crippen LogP contribution in [0.1, 0.15) is 174 Å². The van der Waals surface area contributed by atoms with Gasteiger partial charge in [0.1, 0.15) is 31.0 Å². The largest absolute Gasteiger partial charge is 0.462 e. The van der Waals surface area contributed by atoms with E-state index in [0.29, 0.717) is 12.8 Å². The SMILES string of the molecule is C=CCCCCCCCCCCCCCCCC(=O)O[C@H](COC(=O)CCCCCCC/C=C/C/C=C/CCCC)CO[C@@H]1O[C@H](CO)[C@H](O)C(O)C1O. The van der Waals surface area contributed by atoms with Gasteiger partial charge in [-0.15, -0.1) is 6.58 Å². The van der Waals surface area contributed by atoms with Crippen molar-refractivity contribution in [2.75, 3.05) is 19.8 Å². The van der Waals surface area contributed by atoms with Crippen molar-refractivity contribution >= 4 is 11.9 Å². The average molecular weight is 767 g/mol. The summed E-state index contributed by atoms with van der Waals surface area (Å²) in [4.78, 5) is 25.3. The Morgan fingerprint density at radius 3 is 1.67 bits per heavy atom. The maximum absolute atomic E-state index is 12.7. The lowest BCUT2D eigenvalue weighted by atomic mass is 9.99. The minimum atomic E-state index is -1.60. The maximum atomic E-state index is 12.7. The number of carbonyl (C=O) groups is 2. The Morgan fingerprint density at radius 1 is 0.630 bits per heavy atom. The second kappa shape index (κ2) is 35.3. The van der Waals surface area contributed by atoms with Crippen LogP contribution < -0.4 is 0 Å². The van der Waals surface area contributed by atoms with Crippen LogP contribution in [0.5, 0.6) is 0 Å². The topological polar surface area (TPSA) is 152 Å². The number of esters is 2. The van der Waals surface area contributed by atoms with Crippen LogP contribution in [-0.4, -0.2) is 89.0 Å². The van der Waals surface area contributed by atoms with Crippen LogP contribution in [-0.2, 0) is 28.5 Å². The molecule has 0 saturated carbocycles. The monoisotopic (exact) mass is 767 g/mol. The van der Waals surface area contributed by atoms with Gasteiger partial charge in [0.15, 0.2) is 12.4 Å². The van der Waals surface area contributed by atoms with E-state index >= 15 is 0 Å². The predicted octanol–water partition coefficient (Wildman–Crippen LogP) is 8.72. The Labute approximate surface area is 327 Å². The highest BCUT2D eigenvalue weighted by Crippen LogP contribution is 2.22. The lowest BCUT2D eigenvalue weighted by molar-refractivity contribution is -0.305. The average Bonchev–Trinajstić information content (AvgIpc) is 3.17. The van der Waals surface area contributed by atoms with E-state index in [-0.39, 0.29) is 26.1 Å². The number of ether oxygens (including phenoxy) is 4. The van der Waals surface area contributed by atoms with Gasteiger partial charge in [0.05, 0.1) is 13.2 Å². The van der Waals surface area contributed by atoms with Crippen LogP contribution >= 0.6 is 0 Å². The van der Waals surface area contributed by atoms with E-state index in [1.54, 1.807) is 0 Å². The summed E-state index contributed by atoms with van der Waals surface area (Å²) in [5.74, 6) is -0.825. The van der Waals surface area contributed by atoms with Crippen molar-refractivity contribution in [2.45, 2.75) is 211 Å². The maximum Gasteiger partial charge on any atom is 0.306 e.